The third-order valence-electron chi connectivity index (χ3n) is 3.53. The Balaban J connectivity index is 1.67. The number of benzene rings is 2. The van der Waals surface area contributed by atoms with Gasteiger partial charge in [0.05, 0.1) is 16.8 Å². The second-order valence-electron chi connectivity index (χ2n) is 5.62. The number of thiazole rings is 1. The van der Waals surface area contributed by atoms with Crippen LogP contribution >= 0.6 is 11.3 Å². The Morgan fingerprint density at radius 2 is 1.88 bits per heavy atom. The number of nitrogens with zero attached hydrogens (tertiary/aromatic N) is 2. The van der Waals surface area contributed by atoms with Gasteiger partial charge in [0.2, 0.25) is 11.8 Å². The maximum Gasteiger partial charge on any atom is 0.243 e. The van der Waals surface area contributed by atoms with Crippen LogP contribution in [0.15, 0.2) is 48.5 Å². The Labute approximate surface area is 149 Å². The molecule has 0 aliphatic heterocycles. The summed E-state index contributed by atoms with van der Waals surface area (Å²) in [5, 5.41) is 6.12. The standard InChI is InChI=1S/C18H18N4O2S/c1-12(23)19-18-21-15-9-8-13(10-16(15)25-18)20-17(24)11-22(2)14-6-4-3-5-7-14/h3-10H,11H2,1-2H3,(H,20,24)(H,19,21,23). The topological polar surface area (TPSA) is 74.3 Å². The Bertz CT molecular complexity index is 908. The lowest BCUT2D eigenvalue weighted by Crippen LogP contribution is -2.29. The summed E-state index contributed by atoms with van der Waals surface area (Å²) in [7, 11) is 1.88. The number of aromatic nitrogens is 1. The maximum atomic E-state index is 12.3. The Morgan fingerprint density at radius 3 is 2.60 bits per heavy atom. The van der Waals surface area contributed by atoms with Crippen LogP contribution in [-0.4, -0.2) is 30.4 Å². The number of fused-ring (bicyclic) bond motifs is 1. The lowest BCUT2D eigenvalue weighted by molar-refractivity contribution is -0.115. The van der Waals surface area contributed by atoms with Crippen molar-refractivity contribution in [3.05, 3.63) is 48.5 Å². The Kier molecular flexibility index (Phi) is 4.95. The minimum absolute atomic E-state index is 0.0997. The smallest absolute Gasteiger partial charge is 0.243 e. The second-order valence-corrected chi connectivity index (χ2v) is 6.65. The van der Waals surface area contributed by atoms with Gasteiger partial charge in [-0.1, -0.05) is 29.5 Å². The number of nitrogens with one attached hydrogen (secondary N) is 2. The predicted molar refractivity (Wildman–Crippen MR) is 102 cm³/mol. The van der Waals surface area contributed by atoms with Gasteiger partial charge in [-0.25, -0.2) is 4.98 Å². The van der Waals surface area contributed by atoms with Crippen molar-refractivity contribution in [2.24, 2.45) is 0 Å². The molecule has 0 unspecified atom stereocenters. The van der Waals surface area contributed by atoms with Crippen LogP contribution < -0.4 is 15.5 Å². The van der Waals surface area contributed by atoms with Gasteiger partial charge in [0, 0.05) is 25.3 Å². The molecule has 0 saturated heterocycles. The van der Waals surface area contributed by atoms with E-state index >= 15 is 0 Å². The molecule has 2 aromatic carbocycles. The molecule has 2 N–H and O–H groups in total. The van der Waals surface area contributed by atoms with Crippen molar-refractivity contribution >= 4 is 49.9 Å². The van der Waals surface area contributed by atoms with Crippen molar-refractivity contribution in [1.82, 2.24) is 4.98 Å². The minimum Gasteiger partial charge on any atom is -0.365 e. The van der Waals surface area contributed by atoms with E-state index in [1.165, 1.54) is 18.3 Å². The first-order chi connectivity index (χ1) is 12.0. The largest absolute Gasteiger partial charge is 0.365 e. The van der Waals surface area contributed by atoms with Crippen LogP contribution in [0.25, 0.3) is 10.2 Å². The van der Waals surface area contributed by atoms with E-state index < -0.39 is 0 Å². The molecular weight excluding hydrogens is 336 g/mol. The monoisotopic (exact) mass is 354 g/mol. The molecule has 0 atom stereocenters. The van der Waals surface area contributed by atoms with E-state index in [0.29, 0.717) is 10.8 Å². The fraction of sp³-hybridized carbons (Fsp3) is 0.167. The zero-order valence-electron chi connectivity index (χ0n) is 13.9. The van der Waals surface area contributed by atoms with E-state index in [0.717, 1.165) is 15.9 Å². The second kappa shape index (κ2) is 7.31. The van der Waals surface area contributed by atoms with E-state index in [1.807, 2.05) is 54.4 Å². The van der Waals surface area contributed by atoms with Gasteiger partial charge < -0.3 is 15.5 Å². The molecule has 0 bridgehead atoms. The first kappa shape index (κ1) is 16.9. The van der Waals surface area contributed by atoms with Crippen molar-refractivity contribution in [3.63, 3.8) is 0 Å². The Hall–Kier alpha value is -2.93. The van der Waals surface area contributed by atoms with Gasteiger partial charge in [-0.3, -0.25) is 9.59 Å². The molecular formula is C18H18N4O2S. The summed E-state index contributed by atoms with van der Waals surface area (Å²) in [5.41, 5.74) is 2.47. The average molecular weight is 354 g/mol. The molecule has 25 heavy (non-hydrogen) atoms. The van der Waals surface area contributed by atoms with Crippen LogP contribution in [0.2, 0.25) is 0 Å². The van der Waals surface area contributed by atoms with Gasteiger partial charge >= 0.3 is 0 Å². The molecule has 3 aromatic rings. The van der Waals surface area contributed by atoms with Crippen molar-refractivity contribution in [2.75, 3.05) is 29.1 Å². The number of amides is 2. The SMILES string of the molecule is CC(=O)Nc1nc2ccc(NC(=O)CN(C)c3ccccc3)cc2s1. The lowest BCUT2D eigenvalue weighted by Gasteiger charge is -2.18. The number of hydrogen-bond acceptors (Lipinski definition) is 5. The minimum atomic E-state index is -0.156. The summed E-state index contributed by atoms with van der Waals surface area (Å²) >= 11 is 1.37. The molecule has 3 rings (SSSR count). The third-order valence-corrected chi connectivity index (χ3v) is 4.47. The number of carbonyl (C=O) groups excluding carboxylic acids is 2. The zero-order chi connectivity index (χ0) is 17.8. The molecule has 1 aromatic heterocycles. The predicted octanol–water partition coefficient (Wildman–Crippen LogP) is 3.33. The summed E-state index contributed by atoms with van der Waals surface area (Å²) < 4.78 is 0.901. The molecule has 128 valence electrons. The Morgan fingerprint density at radius 1 is 1.12 bits per heavy atom. The fourth-order valence-electron chi connectivity index (χ4n) is 2.40. The van der Waals surface area contributed by atoms with Gasteiger partial charge in [0.25, 0.3) is 0 Å². The molecule has 2 amide bonds. The molecule has 0 radical (unpaired) electrons. The van der Waals surface area contributed by atoms with Crippen LogP contribution in [0.5, 0.6) is 0 Å². The fourth-order valence-corrected chi connectivity index (χ4v) is 3.35. The van der Waals surface area contributed by atoms with Gasteiger partial charge in [0.1, 0.15) is 0 Å². The highest BCUT2D eigenvalue weighted by Gasteiger charge is 2.10. The number of rotatable bonds is 5. The highest BCUT2D eigenvalue weighted by molar-refractivity contribution is 7.22. The maximum absolute atomic E-state index is 12.3. The van der Waals surface area contributed by atoms with Crippen molar-refractivity contribution in [3.8, 4) is 0 Å². The molecule has 0 aliphatic rings. The van der Waals surface area contributed by atoms with E-state index in [1.54, 1.807) is 6.07 Å². The molecule has 0 fully saturated rings. The number of carbonyl (C=O) groups is 2. The number of hydrogen-bond donors (Lipinski definition) is 2. The van der Waals surface area contributed by atoms with E-state index in [9.17, 15) is 9.59 Å². The van der Waals surface area contributed by atoms with Crippen LogP contribution in [0.4, 0.5) is 16.5 Å². The normalized spacial score (nSPS) is 10.5. The zero-order valence-corrected chi connectivity index (χ0v) is 14.8. The van der Waals surface area contributed by atoms with E-state index in [4.69, 9.17) is 0 Å². The number of likely N-dealkylation sites (N-methyl/N-ethyl adjacent to an activating group) is 1. The van der Waals surface area contributed by atoms with Crippen molar-refractivity contribution in [1.29, 1.82) is 0 Å². The summed E-state index contributed by atoms with van der Waals surface area (Å²) in [6.07, 6.45) is 0. The summed E-state index contributed by atoms with van der Waals surface area (Å²) in [6.45, 7) is 1.70. The molecule has 0 aliphatic carbocycles. The first-order valence-corrected chi connectivity index (χ1v) is 8.57. The van der Waals surface area contributed by atoms with E-state index in [2.05, 4.69) is 15.6 Å². The van der Waals surface area contributed by atoms with Crippen LogP contribution in [0.3, 0.4) is 0 Å². The molecule has 6 nitrogen and oxygen atoms in total. The van der Waals surface area contributed by atoms with Crippen LogP contribution in [-0.2, 0) is 9.59 Å². The van der Waals surface area contributed by atoms with Gasteiger partial charge in [0.15, 0.2) is 5.13 Å². The quantitative estimate of drug-likeness (QED) is 0.737. The van der Waals surface area contributed by atoms with Gasteiger partial charge in [-0.15, -0.1) is 0 Å². The summed E-state index contributed by atoms with van der Waals surface area (Å²) in [5.74, 6) is -0.256. The molecule has 7 heteroatoms. The summed E-state index contributed by atoms with van der Waals surface area (Å²) in [6, 6.07) is 15.2. The van der Waals surface area contributed by atoms with Crippen molar-refractivity contribution < 1.29 is 9.59 Å². The van der Waals surface area contributed by atoms with Gasteiger partial charge in [-0.05, 0) is 30.3 Å². The third kappa shape index (κ3) is 4.33. The van der Waals surface area contributed by atoms with Crippen molar-refractivity contribution in [2.45, 2.75) is 6.92 Å². The number of para-hydroxylation sites is 1. The highest BCUT2D eigenvalue weighted by atomic mass is 32.1. The van der Waals surface area contributed by atoms with E-state index in [-0.39, 0.29) is 18.4 Å². The lowest BCUT2D eigenvalue weighted by atomic mass is 10.3. The molecule has 0 spiro atoms. The molecule has 0 saturated carbocycles. The summed E-state index contributed by atoms with van der Waals surface area (Å²) in [4.78, 5) is 29.6. The highest BCUT2D eigenvalue weighted by Crippen LogP contribution is 2.28. The average Bonchev–Trinajstić information content (AvgIpc) is 2.96. The van der Waals surface area contributed by atoms with Crippen LogP contribution in [0, 0.1) is 0 Å². The first-order valence-electron chi connectivity index (χ1n) is 7.75. The number of anilines is 3. The van der Waals surface area contributed by atoms with Gasteiger partial charge in [-0.2, -0.15) is 0 Å². The van der Waals surface area contributed by atoms with Crippen LogP contribution in [0.1, 0.15) is 6.92 Å². The molecule has 1 heterocycles.